The van der Waals surface area contributed by atoms with Gasteiger partial charge in [-0.2, -0.15) is 0 Å². The average molecular weight is 284 g/mol. The molecule has 2 heterocycles. The van der Waals surface area contributed by atoms with Crippen molar-refractivity contribution >= 4 is 17.2 Å². The first-order valence-corrected chi connectivity index (χ1v) is 7.28. The van der Waals surface area contributed by atoms with Gasteiger partial charge in [0.15, 0.2) is 0 Å². The van der Waals surface area contributed by atoms with Gasteiger partial charge in [0.1, 0.15) is 5.69 Å². The molecular formula is C16H16N2OS. The molecule has 0 atom stereocenters. The number of hydrogen-bond acceptors (Lipinski definition) is 4. The molecule has 20 heavy (non-hydrogen) atoms. The highest BCUT2D eigenvalue weighted by atomic mass is 32.1. The molecule has 0 radical (unpaired) electrons. The lowest BCUT2D eigenvalue weighted by molar-refractivity contribution is 0.439. The van der Waals surface area contributed by atoms with Gasteiger partial charge in [-0.1, -0.05) is 29.4 Å². The van der Waals surface area contributed by atoms with Crippen molar-refractivity contribution in [3.05, 3.63) is 46.3 Å². The fourth-order valence-corrected chi connectivity index (χ4v) is 3.30. The molecule has 3 nitrogen and oxygen atoms in total. The van der Waals surface area contributed by atoms with Crippen LogP contribution in [0.3, 0.4) is 0 Å². The van der Waals surface area contributed by atoms with Crippen LogP contribution in [-0.4, -0.2) is 5.16 Å². The van der Waals surface area contributed by atoms with Gasteiger partial charge >= 0.3 is 0 Å². The van der Waals surface area contributed by atoms with E-state index in [2.05, 4.69) is 44.1 Å². The van der Waals surface area contributed by atoms with Crippen LogP contribution in [0.25, 0.3) is 21.7 Å². The number of anilines is 1. The number of hydrogen-bond donors (Lipinski definition) is 1. The smallest absolute Gasteiger partial charge is 0.230 e. The average Bonchev–Trinajstić information content (AvgIpc) is 2.94. The predicted octanol–water partition coefficient (Wildman–Crippen LogP) is 4.58. The molecule has 0 fully saturated rings. The van der Waals surface area contributed by atoms with Crippen molar-refractivity contribution in [2.24, 2.45) is 0 Å². The Hall–Kier alpha value is -2.07. The maximum absolute atomic E-state index is 6.00. The van der Waals surface area contributed by atoms with Gasteiger partial charge in [-0.25, -0.2) is 0 Å². The fourth-order valence-electron chi connectivity index (χ4n) is 2.27. The van der Waals surface area contributed by atoms with Crippen LogP contribution in [-0.2, 0) is 0 Å². The molecule has 0 aliphatic carbocycles. The van der Waals surface area contributed by atoms with E-state index in [1.54, 1.807) is 11.3 Å². The number of benzene rings is 1. The number of aromatic nitrogens is 1. The summed E-state index contributed by atoms with van der Waals surface area (Å²) in [7, 11) is 0. The zero-order chi connectivity index (χ0) is 14.3. The minimum absolute atomic E-state index is 0.373. The summed E-state index contributed by atoms with van der Waals surface area (Å²) in [5.41, 5.74) is 11.2. The van der Waals surface area contributed by atoms with E-state index in [0.29, 0.717) is 5.88 Å². The quantitative estimate of drug-likeness (QED) is 0.749. The maximum atomic E-state index is 6.00. The fraction of sp³-hybridized carbons (Fsp3) is 0.188. The van der Waals surface area contributed by atoms with E-state index in [0.717, 1.165) is 27.3 Å². The van der Waals surface area contributed by atoms with E-state index in [1.165, 1.54) is 10.4 Å². The summed E-state index contributed by atoms with van der Waals surface area (Å²) in [6, 6.07) is 10.3. The standard InChI is InChI=1S/C16H16N2OS/c1-9-6-4-5-7-12(9)14-15(18-19-16(14)17)13-8-10(2)11(3)20-13/h4-8H,17H2,1-3H3. The molecule has 102 valence electrons. The van der Waals surface area contributed by atoms with Crippen LogP contribution < -0.4 is 5.73 Å². The molecule has 0 saturated carbocycles. The minimum Gasteiger partial charge on any atom is -0.367 e. The Morgan fingerprint density at radius 1 is 1.10 bits per heavy atom. The molecule has 0 spiro atoms. The third-order valence-electron chi connectivity index (χ3n) is 3.53. The Bertz CT molecular complexity index is 751. The monoisotopic (exact) mass is 284 g/mol. The van der Waals surface area contributed by atoms with Gasteiger partial charge in [0.2, 0.25) is 5.88 Å². The maximum Gasteiger partial charge on any atom is 0.230 e. The van der Waals surface area contributed by atoms with Crippen molar-refractivity contribution in [1.82, 2.24) is 5.16 Å². The number of nitrogens with zero attached hydrogens (tertiary/aromatic N) is 1. The van der Waals surface area contributed by atoms with Crippen molar-refractivity contribution < 1.29 is 4.52 Å². The summed E-state index contributed by atoms with van der Waals surface area (Å²) in [5.74, 6) is 0.373. The number of thiophene rings is 1. The number of nitrogen functional groups attached to an aromatic ring is 1. The molecule has 0 aliphatic heterocycles. The number of nitrogens with two attached hydrogens (primary N) is 1. The van der Waals surface area contributed by atoms with Crippen molar-refractivity contribution in [2.75, 3.05) is 5.73 Å². The minimum atomic E-state index is 0.373. The summed E-state index contributed by atoms with van der Waals surface area (Å²) in [6.07, 6.45) is 0. The van der Waals surface area contributed by atoms with Gasteiger partial charge in [-0.3, -0.25) is 0 Å². The zero-order valence-corrected chi connectivity index (χ0v) is 12.5. The van der Waals surface area contributed by atoms with E-state index in [-0.39, 0.29) is 0 Å². The van der Waals surface area contributed by atoms with Crippen LogP contribution in [0.15, 0.2) is 34.9 Å². The topological polar surface area (TPSA) is 52.0 Å². The second-order valence-electron chi connectivity index (χ2n) is 4.94. The van der Waals surface area contributed by atoms with Gasteiger partial charge in [-0.05, 0) is 43.5 Å². The Morgan fingerprint density at radius 3 is 2.50 bits per heavy atom. The lowest BCUT2D eigenvalue weighted by Crippen LogP contribution is -1.89. The molecular weight excluding hydrogens is 268 g/mol. The molecule has 4 heteroatoms. The van der Waals surface area contributed by atoms with Crippen molar-refractivity contribution in [3.63, 3.8) is 0 Å². The molecule has 2 aromatic heterocycles. The zero-order valence-electron chi connectivity index (χ0n) is 11.7. The first kappa shape index (κ1) is 12.9. The lowest BCUT2D eigenvalue weighted by atomic mass is 10.00. The Morgan fingerprint density at radius 2 is 1.85 bits per heavy atom. The van der Waals surface area contributed by atoms with Crippen LogP contribution in [0.1, 0.15) is 16.0 Å². The molecule has 0 saturated heterocycles. The molecule has 0 bridgehead atoms. The van der Waals surface area contributed by atoms with Crippen molar-refractivity contribution in [3.8, 4) is 21.7 Å². The van der Waals surface area contributed by atoms with Crippen LogP contribution in [0.5, 0.6) is 0 Å². The second kappa shape index (κ2) is 4.80. The molecule has 0 unspecified atom stereocenters. The van der Waals surface area contributed by atoms with Gasteiger partial charge in [-0.15, -0.1) is 11.3 Å². The highest BCUT2D eigenvalue weighted by molar-refractivity contribution is 7.15. The normalized spacial score (nSPS) is 10.9. The summed E-state index contributed by atoms with van der Waals surface area (Å²) < 4.78 is 5.24. The lowest BCUT2D eigenvalue weighted by Gasteiger charge is -2.04. The van der Waals surface area contributed by atoms with E-state index in [9.17, 15) is 0 Å². The van der Waals surface area contributed by atoms with E-state index < -0.39 is 0 Å². The van der Waals surface area contributed by atoms with Crippen LogP contribution in [0, 0.1) is 20.8 Å². The molecule has 0 aliphatic rings. The summed E-state index contributed by atoms with van der Waals surface area (Å²) in [6.45, 7) is 6.28. The van der Waals surface area contributed by atoms with Gasteiger partial charge in [0.25, 0.3) is 0 Å². The van der Waals surface area contributed by atoms with Crippen molar-refractivity contribution in [2.45, 2.75) is 20.8 Å². The number of rotatable bonds is 2. The Kier molecular flexibility index (Phi) is 3.10. The first-order valence-electron chi connectivity index (χ1n) is 6.46. The van der Waals surface area contributed by atoms with Gasteiger partial charge in [0.05, 0.1) is 10.4 Å². The SMILES string of the molecule is Cc1ccccc1-c1c(-c2cc(C)c(C)s2)noc1N. The predicted molar refractivity (Wildman–Crippen MR) is 83.9 cm³/mol. The summed E-state index contributed by atoms with van der Waals surface area (Å²) >= 11 is 1.72. The molecule has 1 aromatic carbocycles. The van der Waals surface area contributed by atoms with E-state index >= 15 is 0 Å². The van der Waals surface area contributed by atoms with Crippen LogP contribution >= 0.6 is 11.3 Å². The van der Waals surface area contributed by atoms with Gasteiger partial charge < -0.3 is 10.3 Å². The Labute approximate surface area is 122 Å². The summed E-state index contributed by atoms with van der Waals surface area (Å²) in [5, 5.41) is 4.17. The Balaban J connectivity index is 2.23. The summed E-state index contributed by atoms with van der Waals surface area (Å²) in [4.78, 5) is 2.39. The van der Waals surface area contributed by atoms with E-state index in [4.69, 9.17) is 10.3 Å². The largest absolute Gasteiger partial charge is 0.367 e. The van der Waals surface area contributed by atoms with E-state index in [1.807, 2.05) is 12.1 Å². The third kappa shape index (κ3) is 2.02. The first-order chi connectivity index (χ1) is 9.58. The van der Waals surface area contributed by atoms with Crippen molar-refractivity contribution in [1.29, 1.82) is 0 Å². The second-order valence-corrected chi connectivity index (χ2v) is 6.19. The molecule has 2 N–H and O–H groups in total. The third-order valence-corrected chi connectivity index (χ3v) is 4.69. The van der Waals surface area contributed by atoms with Crippen LogP contribution in [0.4, 0.5) is 5.88 Å². The molecule has 3 rings (SSSR count). The molecule has 0 amide bonds. The highest BCUT2D eigenvalue weighted by Gasteiger charge is 2.20. The van der Waals surface area contributed by atoms with Gasteiger partial charge in [0, 0.05) is 4.88 Å². The molecule has 3 aromatic rings. The highest BCUT2D eigenvalue weighted by Crippen LogP contribution is 2.40. The van der Waals surface area contributed by atoms with Crippen LogP contribution in [0.2, 0.25) is 0 Å². The number of aryl methyl sites for hydroxylation is 3.